The maximum absolute atomic E-state index is 14.8. The van der Waals surface area contributed by atoms with Crippen LogP contribution >= 0.6 is 0 Å². The Hall–Kier alpha value is -8.47. The lowest BCUT2D eigenvalue weighted by molar-refractivity contribution is -0.202. The molecule has 2 aliphatic heterocycles. The van der Waals surface area contributed by atoms with Crippen LogP contribution in [0.5, 0.6) is 0 Å². The molecule has 107 heavy (non-hydrogen) atoms. The number of aliphatic hydroxyl groups is 2. The lowest BCUT2D eigenvalue weighted by atomic mass is 9.46. The van der Waals surface area contributed by atoms with E-state index < -0.39 is 102 Å². The number of primary amides is 1. The highest BCUT2D eigenvalue weighted by Crippen LogP contribution is 2.70. The molecule has 3 saturated carbocycles. The van der Waals surface area contributed by atoms with Crippen LogP contribution in [-0.4, -0.2) is 191 Å². The average molecular weight is 1490 g/mol. The number of alkyl carbamates (subject to hydrolysis) is 1. The molecule has 0 radical (unpaired) electrons. The van der Waals surface area contributed by atoms with Crippen LogP contribution in [0, 0.1) is 46.3 Å². The van der Waals surface area contributed by atoms with E-state index in [1.54, 1.807) is 62.1 Å². The number of nitrogens with one attached hydrogen (secondary N) is 7. The number of fused-ring (bicyclic) bond motifs is 9. The largest absolute Gasteiger partial charge is 0.445 e. The third-order valence-corrected chi connectivity index (χ3v) is 21.3. The van der Waals surface area contributed by atoms with Gasteiger partial charge in [0.2, 0.25) is 29.5 Å². The van der Waals surface area contributed by atoms with Gasteiger partial charge in [0, 0.05) is 65.9 Å². The molecule has 3 unspecified atom stereocenters. The van der Waals surface area contributed by atoms with E-state index in [0.29, 0.717) is 82.0 Å². The van der Waals surface area contributed by atoms with Gasteiger partial charge in [-0.15, -0.1) is 0 Å². The topological polar surface area (TPSA) is 381 Å². The van der Waals surface area contributed by atoms with Crippen molar-refractivity contribution in [2.75, 3.05) is 89.3 Å². The number of aliphatic hydroxyl groups excluding tert-OH is 2. The number of Topliss-reactive ketones (excluding diaryl/α,β-unsaturated/α-hetero) is 1. The highest BCUT2D eigenvalue weighted by Gasteiger charge is 2.76. The molecule has 0 spiro atoms. The van der Waals surface area contributed by atoms with E-state index in [9.17, 15) is 53.4 Å². The van der Waals surface area contributed by atoms with Crippen LogP contribution in [0.4, 0.5) is 21.0 Å². The number of rotatable bonds is 41. The van der Waals surface area contributed by atoms with Crippen LogP contribution in [-0.2, 0) is 84.6 Å². The second kappa shape index (κ2) is 39.6. The molecular formula is C79H107N9O19. The Kier molecular flexibility index (Phi) is 30.5. The molecule has 4 aliphatic carbocycles. The fourth-order valence-corrected chi connectivity index (χ4v) is 15.9. The third kappa shape index (κ3) is 21.7. The van der Waals surface area contributed by atoms with Gasteiger partial charge in [-0.2, -0.15) is 0 Å². The number of hydrogen-bond acceptors (Lipinski definition) is 20. The van der Waals surface area contributed by atoms with Gasteiger partial charge in [0.05, 0.1) is 89.4 Å². The molecule has 13 atom stereocenters. The van der Waals surface area contributed by atoms with Crippen molar-refractivity contribution in [1.82, 2.24) is 31.9 Å². The molecule has 28 heteroatoms. The molecule has 4 fully saturated rings. The third-order valence-electron chi connectivity index (χ3n) is 21.3. The number of anilines is 2. The zero-order chi connectivity index (χ0) is 76.7. The standard InChI is InChI=1S/C79H107N9O19/c1-7-14-70-106-64-44-59-58-27-24-55-43-57(89)30-32-77(55,5)71(58)62(90)45-78(59,6)79(64,107-70)63(91)49-104-68(8-2)86-67(94)46-83-76(99)105-48-51-20-25-56(26-21-51)84-73(96)60(18-13-33-82-75(80)98)85-74(97)72(50(3)4)87-66(93)31-35-100-37-39-102-41-42-103-40-38-101-36-34-81-65(92)28-29-69(95)88-47-54-17-10-9-15-52(54)22-23-53-16-11-12-19-61(53)88/h9-12,15-17,19-21,25-26,30,32,43,50,58-60,62,64,68,70-72,74,85,90,97H,7-8,13-14,18,24,27-29,31,33-42,44-49H2,1-6H3,(H,81,92)(H,83,99)(H,84,96)(H,86,94)(H,87,93)(H3,80,82,98)/t58-,59-,60-,62-,64+,68?,70?,71+,72-,74?,77-,78-,79+/m0/s1. The van der Waals surface area contributed by atoms with Crippen LogP contribution in [0.1, 0.15) is 141 Å². The van der Waals surface area contributed by atoms with Crippen molar-refractivity contribution >= 4 is 64.6 Å². The summed E-state index contributed by atoms with van der Waals surface area (Å²) >= 11 is 0. The predicted molar refractivity (Wildman–Crippen MR) is 394 cm³/mol. The van der Waals surface area contributed by atoms with Crippen LogP contribution in [0.3, 0.4) is 0 Å². The van der Waals surface area contributed by atoms with Gasteiger partial charge in [-0.3, -0.25) is 38.9 Å². The molecule has 1 saturated heterocycles. The second-order valence-electron chi connectivity index (χ2n) is 28.8. The number of para-hydroxylation sites is 1. The first-order valence-electron chi connectivity index (χ1n) is 37.5. The minimum Gasteiger partial charge on any atom is -0.445 e. The molecule has 0 bridgehead atoms. The number of hydrogen-bond donors (Lipinski definition) is 10. The quantitative estimate of drug-likeness (QED) is 0.0187. The number of benzene rings is 3. The second-order valence-corrected chi connectivity index (χ2v) is 28.8. The Labute approximate surface area is 625 Å². The molecule has 8 amide bonds. The number of carbonyl (C=O) groups is 9. The molecule has 3 aromatic rings. The van der Waals surface area contributed by atoms with Gasteiger partial charge < -0.3 is 90.6 Å². The highest BCUT2D eigenvalue weighted by atomic mass is 16.7. The number of carbonyl (C=O) groups excluding carboxylic acids is 9. The van der Waals surface area contributed by atoms with Gasteiger partial charge in [-0.25, -0.2) is 9.59 Å². The molecular weight excluding hydrogens is 1380 g/mol. The normalized spacial score (nSPS) is 24.1. The first kappa shape index (κ1) is 82.6. The summed E-state index contributed by atoms with van der Waals surface area (Å²) in [6.07, 6.45) is 4.57. The van der Waals surface area contributed by atoms with Crippen LogP contribution in [0.2, 0.25) is 0 Å². The predicted octanol–water partition coefficient (Wildman–Crippen LogP) is 5.62. The van der Waals surface area contributed by atoms with Crippen molar-refractivity contribution in [2.45, 2.75) is 180 Å². The maximum Gasteiger partial charge on any atom is 0.407 e. The van der Waals surface area contributed by atoms with Crippen LogP contribution in [0.25, 0.3) is 0 Å². The van der Waals surface area contributed by atoms with Gasteiger partial charge in [-0.05, 0) is 123 Å². The SMILES string of the molecule is CCCC1O[C@@H]2C[C@H]3[C@@H]4CCC5=CC(=O)C=C[C@]5(C)[C@H]4[C@@H](O)C[C@]3(C)[C@]2(C(=O)COC(CC)NC(=O)CNC(=O)OCc2ccc(NC(=O)[C@H](CCCNC(N)=O)NC(O)[C@@H](NC(=O)CCOCCOCCOCCOCCNC(=O)CCC(=O)N3Cc4ccccc4C#Cc4ccccc43)C(C)C)cc2)O1. The first-order valence-corrected chi connectivity index (χ1v) is 37.5. The monoisotopic (exact) mass is 1490 g/mol. The minimum atomic E-state index is -1.41. The van der Waals surface area contributed by atoms with E-state index in [-0.39, 0.29) is 125 Å². The number of allylic oxidation sites excluding steroid dienone is 4. The molecule has 11 N–H and O–H groups in total. The number of nitrogens with zero attached hydrogens (tertiary/aromatic N) is 1. The fraction of sp³-hybridized carbons (Fsp3) is 0.582. The summed E-state index contributed by atoms with van der Waals surface area (Å²) in [6.45, 7) is 13.3. The number of urea groups is 1. The molecule has 9 rings (SSSR count). The Morgan fingerprint density at radius 3 is 2.19 bits per heavy atom. The number of amides is 8. The summed E-state index contributed by atoms with van der Waals surface area (Å²) in [5.74, 6) is 3.64. The fourth-order valence-electron chi connectivity index (χ4n) is 15.9. The van der Waals surface area contributed by atoms with E-state index in [2.05, 4.69) is 56.0 Å². The van der Waals surface area contributed by atoms with Crippen molar-refractivity contribution in [3.63, 3.8) is 0 Å². The summed E-state index contributed by atoms with van der Waals surface area (Å²) in [5.41, 5.74) is 7.78. The molecule has 2 heterocycles. The van der Waals surface area contributed by atoms with E-state index in [0.717, 1.165) is 35.1 Å². The van der Waals surface area contributed by atoms with Crippen LogP contribution in [0.15, 0.2) is 96.6 Å². The zero-order valence-corrected chi connectivity index (χ0v) is 62.3. The van der Waals surface area contributed by atoms with Crippen molar-refractivity contribution < 1.29 is 91.3 Å². The van der Waals surface area contributed by atoms with E-state index in [1.807, 2.05) is 68.5 Å². The van der Waals surface area contributed by atoms with E-state index in [1.165, 1.54) is 0 Å². The summed E-state index contributed by atoms with van der Waals surface area (Å²) in [6, 6.07) is 19.1. The summed E-state index contributed by atoms with van der Waals surface area (Å²) < 4.78 is 47.2. The number of ether oxygens (including phenoxy) is 8. The van der Waals surface area contributed by atoms with E-state index in [4.69, 9.17) is 43.6 Å². The van der Waals surface area contributed by atoms with Crippen molar-refractivity contribution in [2.24, 2.45) is 40.2 Å². The van der Waals surface area contributed by atoms with Gasteiger partial charge in [0.1, 0.15) is 32.2 Å². The highest BCUT2D eigenvalue weighted by molar-refractivity contribution is 6.01. The summed E-state index contributed by atoms with van der Waals surface area (Å²) in [5, 5.41) is 42.7. The van der Waals surface area contributed by atoms with Gasteiger partial charge in [0.25, 0.3) is 0 Å². The Morgan fingerprint density at radius 1 is 0.785 bits per heavy atom. The molecule has 28 nitrogen and oxygen atoms in total. The van der Waals surface area contributed by atoms with Gasteiger partial charge >= 0.3 is 12.1 Å². The molecule has 6 aliphatic rings. The van der Waals surface area contributed by atoms with Gasteiger partial charge in [0.15, 0.2) is 23.5 Å². The average Bonchev–Trinajstić information content (AvgIpc) is 1.53. The Balaban J connectivity index is 0.623. The molecule has 3 aromatic carbocycles. The smallest absolute Gasteiger partial charge is 0.407 e. The Bertz CT molecular complexity index is 3710. The van der Waals surface area contributed by atoms with Crippen molar-refractivity contribution in [3.05, 3.63) is 119 Å². The van der Waals surface area contributed by atoms with Crippen LogP contribution < -0.4 is 47.9 Å². The zero-order valence-electron chi connectivity index (χ0n) is 62.3. The Morgan fingerprint density at radius 2 is 1.48 bits per heavy atom. The lowest BCUT2D eigenvalue weighted by Crippen LogP contribution is -2.63. The minimum absolute atomic E-state index is 0.0218. The summed E-state index contributed by atoms with van der Waals surface area (Å²) in [7, 11) is 0. The van der Waals surface area contributed by atoms with Crippen molar-refractivity contribution in [1.29, 1.82) is 0 Å². The van der Waals surface area contributed by atoms with Gasteiger partial charge in [-0.1, -0.05) is 114 Å². The lowest BCUT2D eigenvalue weighted by Gasteiger charge is -2.59. The molecule has 0 aromatic heterocycles. The maximum atomic E-state index is 14.8. The summed E-state index contributed by atoms with van der Waals surface area (Å²) in [4.78, 5) is 119. The molecule has 582 valence electrons. The number of ketones is 2. The first-order chi connectivity index (χ1) is 51.5. The van der Waals surface area contributed by atoms with E-state index >= 15 is 0 Å². The number of nitrogens with two attached hydrogens (primary N) is 1. The van der Waals surface area contributed by atoms with Crippen molar-refractivity contribution in [3.8, 4) is 11.8 Å².